The van der Waals surface area contributed by atoms with Gasteiger partial charge in [0.1, 0.15) is 0 Å². The Bertz CT molecular complexity index is 1280. The highest BCUT2D eigenvalue weighted by Crippen LogP contribution is 2.45. The Labute approximate surface area is 223 Å². The molecule has 2 aliphatic heterocycles. The van der Waals surface area contributed by atoms with E-state index in [0.29, 0.717) is 29.5 Å². The molecule has 2 unspecified atom stereocenters. The van der Waals surface area contributed by atoms with E-state index >= 15 is 0 Å². The lowest BCUT2D eigenvalue weighted by Crippen LogP contribution is -2.50. The van der Waals surface area contributed by atoms with Crippen LogP contribution in [0.15, 0.2) is 48.6 Å². The number of benzene rings is 2. The number of hydrogen-bond acceptors (Lipinski definition) is 6. The molecule has 8 heteroatoms. The molecule has 38 heavy (non-hydrogen) atoms. The molecule has 1 aliphatic carbocycles. The first kappa shape index (κ1) is 25.7. The molecule has 8 nitrogen and oxygen atoms in total. The van der Waals surface area contributed by atoms with Gasteiger partial charge in [0, 0.05) is 24.7 Å². The standard InChI is InChI=1S/C30H34N2O6/c1-29(2)14-22(32-28(34)11-7-21-5-9-24-26(13-21)38-19-36-24)15-30(3,16-29)17-31-27(33)10-6-20-4-8-23-25(12-20)37-18-35-23/h4-13,22H,14-19H2,1-3H3,(H,31,33)(H,32,34)/b10-6+,11-7+. The molecule has 2 amide bonds. The van der Waals surface area contributed by atoms with Crippen molar-refractivity contribution in [3.63, 3.8) is 0 Å². The maximum atomic E-state index is 12.7. The predicted molar refractivity (Wildman–Crippen MR) is 144 cm³/mol. The Hall–Kier alpha value is -3.94. The predicted octanol–water partition coefficient (Wildman–Crippen LogP) is 4.69. The summed E-state index contributed by atoms with van der Waals surface area (Å²) in [5.41, 5.74) is 1.61. The summed E-state index contributed by atoms with van der Waals surface area (Å²) in [5, 5.41) is 6.24. The van der Waals surface area contributed by atoms with Crippen molar-refractivity contribution < 1.29 is 28.5 Å². The number of ether oxygens (including phenoxy) is 4. The lowest BCUT2D eigenvalue weighted by molar-refractivity contribution is -0.119. The van der Waals surface area contributed by atoms with E-state index in [1.165, 1.54) is 6.08 Å². The van der Waals surface area contributed by atoms with Gasteiger partial charge in [-0.2, -0.15) is 0 Å². The Morgan fingerprint density at radius 2 is 1.37 bits per heavy atom. The summed E-state index contributed by atoms with van der Waals surface area (Å²) in [6, 6.07) is 11.2. The van der Waals surface area contributed by atoms with Crippen LogP contribution in [-0.4, -0.2) is 38.0 Å². The van der Waals surface area contributed by atoms with E-state index in [1.807, 2.05) is 36.4 Å². The van der Waals surface area contributed by atoms with E-state index in [-0.39, 0.29) is 42.3 Å². The first-order valence-electron chi connectivity index (χ1n) is 12.9. The third kappa shape index (κ3) is 6.30. The van der Waals surface area contributed by atoms with Gasteiger partial charge in [0.25, 0.3) is 0 Å². The van der Waals surface area contributed by atoms with Crippen LogP contribution >= 0.6 is 0 Å². The number of nitrogens with one attached hydrogen (secondary N) is 2. The van der Waals surface area contributed by atoms with E-state index in [0.717, 1.165) is 30.4 Å². The van der Waals surface area contributed by atoms with Crippen molar-refractivity contribution in [2.75, 3.05) is 20.1 Å². The molecule has 2 N–H and O–H groups in total. The monoisotopic (exact) mass is 518 g/mol. The number of amides is 2. The molecule has 200 valence electrons. The molecule has 0 aromatic heterocycles. The van der Waals surface area contributed by atoms with Crippen LogP contribution in [-0.2, 0) is 9.59 Å². The molecule has 2 aromatic rings. The van der Waals surface area contributed by atoms with Crippen LogP contribution in [0.3, 0.4) is 0 Å². The Kier molecular flexibility index (Phi) is 7.06. The highest BCUT2D eigenvalue weighted by Gasteiger charge is 2.41. The zero-order chi connectivity index (χ0) is 26.8. The van der Waals surface area contributed by atoms with Gasteiger partial charge in [-0.15, -0.1) is 0 Å². The zero-order valence-corrected chi connectivity index (χ0v) is 22.0. The first-order chi connectivity index (χ1) is 18.2. The third-order valence-electron chi connectivity index (χ3n) is 7.13. The van der Waals surface area contributed by atoms with Gasteiger partial charge in [-0.25, -0.2) is 0 Å². The van der Waals surface area contributed by atoms with Crippen LogP contribution in [0.4, 0.5) is 0 Å². The van der Waals surface area contributed by atoms with Crippen LogP contribution in [0.25, 0.3) is 12.2 Å². The summed E-state index contributed by atoms with van der Waals surface area (Å²) >= 11 is 0. The fraction of sp³-hybridized carbons (Fsp3) is 0.400. The Morgan fingerprint density at radius 3 is 1.97 bits per heavy atom. The second-order valence-electron chi connectivity index (χ2n) is 11.4. The molecule has 2 heterocycles. The molecular weight excluding hydrogens is 484 g/mol. The SMILES string of the molecule is CC1(C)CC(NC(=O)/C=C/c2ccc3c(c2)OCO3)CC(C)(CNC(=O)/C=C/c2ccc3c(c2)OCO3)C1. The van der Waals surface area contributed by atoms with E-state index in [9.17, 15) is 9.59 Å². The minimum Gasteiger partial charge on any atom is -0.454 e. The second kappa shape index (κ2) is 10.4. The highest BCUT2D eigenvalue weighted by atomic mass is 16.7. The second-order valence-corrected chi connectivity index (χ2v) is 11.4. The molecule has 0 bridgehead atoms. The average molecular weight is 519 g/mol. The number of hydrogen-bond donors (Lipinski definition) is 2. The Morgan fingerprint density at radius 1 is 0.816 bits per heavy atom. The zero-order valence-electron chi connectivity index (χ0n) is 22.0. The summed E-state index contributed by atoms with van der Waals surface area (Å²) in [6.07, 6.45) is 9.24. The lowest BCUT2D eigenvalue weighted by atomic mass is 9.62. The summed E-state index contributed by atoms with van der Waals surface area (Å²) in [7, 11) is 0. The fourth-order valence-electron chi connectivity index (χ4n) is 5.86. The molecule has 0 saturated heterocycles. The summed E-state index contributed by atoms with van der Waals surface area (Å²) in [6.45, 7) is 7.57. The maximum absolute atomic E-state index is 12.7. The molecular formula is C30H34N2O6. The first-order valence-corrected chi connectivity index (χ1v) is 12.9. The summed E-state index contributed by atoms with van der Waals surface area (Å²) in [4.78, 5) is 25.3. The fourth-order valence-corrected chi connectivity index (χ4v) is 5.86. The van der Waals surface area contributed by atoms with Crippen molar-refractivity contribution in [2.24, 2.45) is 10.8 Å². The molecule has 3 aliphatic rings. The number of fused-ring (bicyclic) bond motifs is 2. The van der Waals surface area contributed by atoms with Crippen molar-refractivity contribution >= 4 is 24.0 Å². The molecule has 5 rings (SSSR count). The van der Waals surface area contributed by atoms with Gasteiger partial charge < -0.3 is 29.6 Å². The average Bonchev–Trinajstić information content (AvgIpc) is 3.52. The molecule has 2 atom stereocenters. The van der Waals surface area contributed by atoms with Crippen LogP contribution in [0.1, 0.15) is 51.2 Å². The van der Waals surface area contributed by atoms with Crippen molar-refractivity contribution in [3.8, 4) is 23.0 Å². The van der Waals surface area contributed by atoms with Crippen molar-refractivity contribution in [1.29, 1.82) is 0 Å². The Balaban J connectivity index is 1.15. The highest BCUT2D eigenvalue weighted by molar-refractivity contribution is 5.92. The lowest BCUT2D eigenvalue weighted by Gasteiger charge is -2.46. The number of carbonyl (C=O) groups excluding carboxylic acids is 2. The van der Waals surface area contributed by atoms with Gasteiger partial charge in [0.05, 0.1) is 0 Å². The largest absolute Gasteiger partial charge is 0.454 e. The van der Waals surface area contributed by atoms with E-state index in [1.54, 1.807) is 18.2 Å². The van der Waals surface area contributed by atoms with E-state index in [4.69, 9.17) is 18.9 Å². The number of carbonyl (C=O) groups is 2. The van der Waals surface area contributed by atoms with Crippen LogP contribution < -0.4 is 29.6 Å². The number of rotatable bonds is 7. The molecule has 0 spiro atoms. The minimum absolute atomic E-state index is 0.0127. The maximum Gasteiger partial charge on any atom is 0.244 e. The van der Waals surface area contributed by atoms with Gasteiger partial charge in [0.2, 0.25) is 25.4 Å². The van der Waals surface area contributed by atoms with Gasteiger partial charge >= 0.3 is 0 Å². The van der Waals surface area contributed by atoms with Crippen LogP contribution in [0.2, 0.25) is 0 Å². The molecule has 1 fully saturated rings. The van der Waals surface area contributed by atoms with Crippen molar-refractivity contribution in [3.05, 3.63) is 59.7 Å². The van der Waals surface area contributed by atoms with Crippen LogP contribution in [0, 0.1) is 10.8 Å². The van der Waals surface area contributed by atoms with Crippen molar-refractivity contribution in [1.82, 2.24) is 10.6 Å². The summed E-state index contributed by atoms with van der Waals surface area (Å²) < 4.78 is 21.5. The minimum atomic E-state index is -0.153. The van der Waals surface area contributed by atoms with E-state index < -0.39 is 0 Å². The normalized spacial score (nSPS) is 23.1. The van der Waals surface area contributed by atoms with Gasteiger partial charge in [0.15, 0.2) is 23.0 Å². The van der Waals surface area contributed by atoms with Gasteiger partial charge in [-0.1, -0.05) is 32.9 Å². The smallest absolute Gasteiger partial charge is 0.244 e. The topological polar surface area (TPSA) is 95.1 Å². The molecule has 1 saturated carbocycles. The van der Waals surface area contributed by atoms with Gasteiger partial charge in [-0.3, -0.25) is 9.59 Å². The van der Waals surface area contributed by atoms with Gasteiger partial charge in [-0.05, 0) is 77.6 Å². The summed E-state index contributed by atoms with van der Waals surface area (Å²) in [5.74, 6) is 2.51. The van der Waals surface area contributed by atoms with Crippen LogP contribution in [0.5, 0.6) is 23.0 Å². The molecule has 0 radical (unpaired) electrons. The third-order valence-corrected chi connectivity index (χ3v) is 7.13. The van der Waals surface area contributed by atoms with E-state index in [2.05, 4.69) is 31.4 Å². The quantitative estimate of drug-likeness (QED) is 0.517. The molecule has 2 aromatic carbocycles. The van der Waals surface area contributed by atoms with Crippen molar-refractivity contribution in [2.45, 2.75) is 46.1 Å².